The van der Waals surface area contributed by atoms with E-state index < -0.39 is 20.0 Å². The van der Waals surface area contributed by atoms with Gasteiger partial charge in [0.25, 0.3) is 0 Å². The third kappa shape index (κ3) is 5.43. The Hall–Kier alpha value is -2.14. The van der Waals surface area contributed by atoms with E-state index in [0.717, 1.165) is 17.0 Å². The van der Waals surface area contributed by atoms with Gasteiger partial charge in [-0.15, -0.1) is 0 Å². The van der Waals surface area contributed by atoms with E-state index in [-0.39, 0.29) is 17.2 Å². The van der Waals surface area contributed by atoms with Crippen LogP contribution in [-0.4, -0.2) is 66.7 Å². The van der Waals surface area contributed by atoms with Crippen molar-refractivity contribution in [3.8, 4) is 5.75 Å². The van der Waals surface area contributed by atoms with Gasteiger partial charge < -0.3 is 9.64 Å². The van der Waals surface area contributed by atoms with Crippen LogP contribution in [0.25, 0.3) is 0 Å². The molecule has 1 heterocycles. The first-order valence-corrected chi connectivity index (χ1v) is 13.6. The predicted molar refractivity (Wildman–Crippen MR) is 126 cm³/mol. The molecule has 0 saturated carbocycles. The number of anilines is 1. The topological polar surface area (TPSA) is 96.0 Å². The number of para-hydroxylation sites is 2. The number of hydrogen-bond acceptors (Lipinski definition) is 6. The quantitative estimate of drug-likeness (QED) is 0.620. The highest BCUT2D eigenvalue weighted by atomic mass is 32.2. The summed E-state index contributed by atoms with van der Waals surface area (Å²) in [4.78, 5) is 2.31. The van der Waals surface area contributed by atoms with Crippen LogP contribution < -0.4 is 14.4 Å². The maximum atomic E-state index is 12.8. The zero-order chi connectivity index (χ0) is 23.5. The van der Waals surface area contributed by atoms with Gasteiger partial charge in [-0.2, -0.15) is 4.31 Å². The molecule has 0 radical (unpaired) electrons. The first-order chi connectivity index (χ1) is 15.0. The molecule has 1 aliphatic heterocycles. The van der Waals surface area contributed by atoms with E-state index in [0.29, 0.717) is 37.3 Å². The lowest BCUT2D eigenvalue weighted by atomic mass is 10.1. The molecule has 1 fully saturated rings. The number of benzene rings is 2. The number of rotatable bonds is 8. The third-order valence-corrected chi connectivity index (χ3v) is 9.22. The van der Waals surface area contributed by atoms with Gasteiger partial charge in [-0.05, 0) is 44.0 Å². The van der Waals surface area contributed by atoms with Gasteiger partial charge >= 0.3 is 0 Å². The van der Waals surface area contributed by atoms with Gasteiger partial charge in [0, 0.05) is 32.7 Å². The summed E-state index contributed by atoms with van der Waals surface area (Å²) in [5.74, 6) is 0.463. The Balaban J connectivity index is 1.60. The van der Waals surface area contributed by atoms with Gasteiger partial charge in [0.15, 0.2) is 0 Å². The Morgan fingerprint density at radius 1 is 0.938 bits per heavy atom. The number of piperazine rings is 1. The van der Waals surface area contributed by atoms with Crippen LogP contribution in [-0.2, 0) is 20.0 Å². The highest BCUT2D eigenvalue weighted by Gasteiger charge is 2.28. The van der Waals surface area contributed by atoms with Crippen molar-refractivity contribution in [2.45, 2.75) is 25.7 Å². The maximum Gasteiger partial charge on any atom is 0.241 e. The Bertz CT molecular complexity index is 1150. The van der Waals surface area contributed by atoms with E-state index >= 15 is 0 Å². The minimum Gasteiger partial charge on any atom is -0.495 e. The largest absolute Gasteiger partial charge is 0.495 e. The molecule has 176 valence electrons. The second-order valence-electron chi connectivity index (χ2n) is 8.00. The van der Waals surface area contributed by atoms with E-state index in [1.807, 2.05) is 31.2 Å². The SMILES string of the molecule is COc1ccccc1N1CCN(S(=O)(=O)CCNS(=O)(=O)c2c(C)cc(C)cc2C)CC1. The fraction of sp³-hybridized carbons (Fsp3) is 0.455. The zero-order valence-electron chi connectivity index (χ0n) is 19.0. The van der Waals surface area contributed by atoms with Crippen LogP contribution in [0, 0.1) is 20.8 Å². The van der Waals surface area contributed by atoms with Crippen LogP contribution in [0.2, 0.25) is 0 Å². The number of nitrogens with zero attached hydrogens (tertiary/aromatic N) is 2. The molecular weight excluding hydrogens is 450 g/mol. The second kappa shape index (κ2) is 9.78. The summed E-state index contributed by atoms with van der Waals surface area (Å²) >= 11 is 0. The maximum absolute atomic E-state index is 12.8. The summed E-state index contributed by atoms with van der Waals surface area (Å²) in [6.45, 7) is 6.96. The number of hydrogen-bond donors (Lipinski definition) is 1. The third-order valence-electron chi connectivity index (χ3n) is 5.58. The molecule has 0 amide bonds. The molecule has 10 heteroatoms. The van der Waals surface area contributed by atoms with Gasteiger partial charge in [-0.1, -0.05) is 29.8 Å². The Morgan fingerprint density at radius 3 is 2.12 bits per heavy atom. The minimum absolute atomic E-state index is 0.176. The molecule has 0 atom stereocenters. The molecule has 0 unspecified atom stereocenters. The van der Waals surface area contributed by atoms with Crippen LogP contribution in [0.5, 0.6) is 5.75 Å². The van der Waals surface area contributed by atoms with Crippen LogP contribution >= 0.6 is 0 Å². The lowest BCUT2D eigenvalue weighted by Crippen LogP contribution is -2.50. The van der Waals surface area contributed by atoms with Crippen LogP contribution in [0.1, 0.15) is 16.7 Å². The number of methoxy groups -OCH3 is 1. The van der Waals surface area contributed by atoms with E-state index in [2.05, 4.69) is 9.62 Å². The van der Waals surface area contributed by atoms with Crippen molar-refractivity contribution >= 4 is 25.7 Å². The molecule has 8 nitrogen and oxygen atoms in total. The lowest BCUT2D eigenvalue weighted by molar-refractivity contribution is 0.378. The van der Waals surface area contributed by atoms with Crippen molar-refractivity contribution in [1.29, 1.82) is 0 Å². The Morgan fingerprint density at radius 2 is 1.53 bits per heavy atom. The Labute approximate surface area is 191 Å². The Kier molecular flexibility index (Phi) is 7.49. The first kappa shape index (κ1) is 24.5. The average molecular weight is 482 g/mol. The number of sulfonamides is 2. The highest BCUT2D eigenvalue weighted by Crippen LogP contribution is 2.28. The van der Waals surface area contributed by atoms with Crippen LogP contribution in [0.4, 0.5) is 5.69 Å². The first-order valence-electron chi connectivity index (χ1n) is 10.5. The summed E-state index contributed by atoms with van der Waals surface area (Å²) < 4.78 is 60.4. The summed E-state index contributed by atoms with van der Waals surface area (Å²) in [6.07, 6.45) is 0. The molecule has 1 N–H and O–H groups in total. The molecule has 1 aliphatic rings. The van der Waals surface area contributed by atoms with E-state index in [1.165, 1.54) is 4.31 Å². The van der Waals surface area contributed by atoms with Gasteiger partial charge in [-0.3, -0.25) is 0 Å². The fourth-order valence-electron chi connectivity index (χ4n) is 4.20. The summed E-state index contributed by atoms with van der Waals surface area (Å²) in [6, 6.07) is 11.3. The molecule has 0 aliphatic carbocycles. The lowest BCUT2D eigenvalue weighted by Gasteiger charge is -2.36. The monoisotopic (exact) mass is 481 g/mol. The molecule has 0 bridgehead atoms. The summed E-state index contributed by atoms with van der Waals surface area (Å²) in [5, 5.41) is 0. The standard InChI is InChI=1S/C22H31N3O5S2/c1-17-15-18(2)22(19(3)16-17)32(28,29)23-9-14-31(26,27)25-12-10-24(11-13-25)20-7-5-6-8-21(20)30-4/h5-8,15-16,23H,9-14H2,1-4H3. The smallest absolute Gasteiger partial charge is 0.241 e. The number of nitrogens with one attached hydrogen (secondary N) is 1. The van der Waals surface area contributed by atoms with Crippen molar-refractivity contribution in [2.24, 2.45) is 0 Å². The fourth-order valence-corrected chi connectivity index (χ4v) is 7.14. The van der Waals surface area contributed by atoms with Crippen LogP contribution in [0.3, 0.4) is 0 Å². The normalized spacial score (nSPS) is 15.7. The molecule has 32 heavy (non-hydrogen) atoms. The van der Waals surface area contributed by atoms with E-state index in [4.69, 9.17) is 4.74 Å². The molecule has 0 aromatic heterocycles. The van der Waals surface area contributed by atoms with E-state index in [1.54, 1.807) is 33.1 Å². The molecule has 1 saturated heterocycles. The zero-order valence-corrected chi connectivity index (χ0v) is 20.6. The van der Waals surface area contributed by atoms with Crippen molar-refractivity contribution < 1.29 is 21.6 Å². The summed E-state index contributed by atoms with van der Waals surface area (Å²) in [7, 11) is -5.78. The number of ether oxygens (including phenoxy) is 1. The van der Waals surface area contributed by atoms with Crippen molar-refractivity contribution in [2.75, 3.05) is 50.5 Å². The van der Waals surface area contributed by atoms with Crippen LogP contribution in [0.15, 0.2) is 41.3 Å². The van der Waals surface area contributed by atoms with Gasteiger partial charge in [0.05, 0.1) is 23.4 Å². The van der Waals surface area contributed by atoms with Crippen molar-refractivity contribution in [3.63, 3.8) is 0 Å². The summed E-state index contributed by atoms with van der Waals surface area (Å²) in [5.41, 5.74) is 3.20. The van der Waals surface area contributed by atoms with Crippen molar-refractivity contribution in [1.82, 2.24) is 9.03 Å². The van der Waals surface area contributed by atoms with Gasteiger partial charge in [0.1, 0.15) is 5.75 Å². The molecule has 3 rings (SSSR count). The molecule has 2 aromatic rings. The molecule has 0 spiro atoms. The van der Waals surface area contributed by atoms with Crippen molar-refractivity contribution in [3.05, 3.63) is 53.1 Å². The second-order valence-corrected chi connectivity index (χ2v) is 11.8. The average Bonchev–Trinajstić information content (AvgIpc) is 2.72. The highest BCUT2D eigenvalue weighted by molar-refractivity contribution is 7.90. The minimum atomic E-state index is -3.80. The van der Waals surface area contributed by atoms with Gasteiger partial charge in [-0.25, -0.2) is 21.6 Å². The van der Waals surface area contributed by atoms with Gasteiger partial charge in [0.2, 0.25) is 20.0 Å². The van der Waals surface area contributed by atoms with E-state index in [9.17, 15) is 16.8 Å². The molecule has 2 aromatic carbocycles. The molecular formula is C22H31N3O5S2. The number of aryl methyl sites for hydroxylation is 3. The predicted octanol–water partition coefficient (Wildman–Crippen LogP) is 2.05.